The molecule has 6 rings (SSSR count). The summed E-state index contributed by atoms with van der Waals surface area (Å²) in [5.74, 6) is 0.389. The first-order valence-corrected chi connectivity index (χ1v) is 14.9. The summed E-state index contributed by atoms with van der Waals surface area (Å²) in [6.45, 7) is 8.03. The van der Waals surface area contributed by atoms with E-state index in [0.717, 1.165) is 28.2 Å². The highest BCUT2D eigenvalue weighted by Gasteiger charge is 2.32. The summed E-state index contributed by atoms with van der Waals surface area (Å²) < 4.78 is 9.77. The number of hydrogen-bond acceptors (Lipinski definition) is 5. The second-order valence-electron chi connectivity index (χ2n) is 10.7. The van der Waals surface area contributed by atoms with Crippen molar-refractivity contribution in [1.82, 2.24) is 9.13 Å². The lowest BCUT2D eigenvalue weighted by atomic mass is 9.95. The van der Waals surface area contributed by atoms with Gasteiger partial charge >= 0.3 is 0 Å². The van der Waals surface area contributed by atoms with Crippen LogP contribution in [0.2, 0.25) is 0 Å². The second kappa shape index (κ2) is 11.4. The van der Waals surface area contributed by atoms with Gasteiger partial charge in [0.25, 0.3) is 11.5 Å². The molecule has 0 fully saturated rings. The van der Waals surface area contributed by atoms with Crippen molar-refractivity contribution in [3.63, 3.8) is 0 Å². The second-order valence-corrected chi connectivity index (χ2v) is 11.7. The van der Waals surface area contributed by atoms with Gasteiger partial charge in [0.1, 0.15) is 5.75 Å². The van der Waals surface area contributed by atoms with Crippen molar-refractivity contribution in [2.24, 2.45) is 4.99 Å². The molecular weight excluding hydrogens is 556 g/mol. The van der Waals surface area contributed by atoms with Crippen molar-refractivity contribution in [3.05, 3.63) is 144 Å². The zero-order valence-corrected chi connectivity index (χ0v) is 25.5. The van der Waals surface area contributed by atoms with E-state index in [-0.39, 0.29) is 11.5 Å². The van der Waals surface area contributed by atoms with E-state index in [1.54, 1.807) is 11.7 Å². The van der Waals surface area contributed by atoms with Crippen LogP contribution in [-0.4, -0.2) is 22.2 Å². The van der Waals surface area contributed by atoms with Crippen molar-refractivity contribution in [1.29, 1.82) is 0 Å². The van der Waals surface area contributed by atoms with Gasteiger partial charge < -0.3 is 14.6 Å². The quantitative estimate of drug-likeness (QED) is 0.281. The number of allylic oxidation sites excluding steroid dienone is 1. The molecule has 1 aliphatic heterocycles. The Hall–Kier alpha value is -4.95. The van der Waals surface area contributed by atoms with E-state index in [9.17, 15) is 9.59 Å². The maximum Gasteiger partial charge on any atom is 0.271 e. The number of aromatic nitrogens is 2. The number of benzene rings is 3. The molecule has 5 aromatic rings. The van der Waals surface area contributed by atoms with Crippen LogP contribution in [0.15, 0.2) is 106 Å². The Kier molecular flexibility index (Phi) is 7.46. The van der Waals surface area contributed by atoms with Crippen LogP contribution in [0, 0.1) is 20.8 Å². The van der Waals surface area contributed by atoms with Gasteiger partial charge in [0, 0.05) is 22.8 Å². The molecule has 1 aliphatic rings. The average Bonchev–Trinajstić information content (AvgIpc) is 3.46. The number of nitrogens with zero attached hydrogens (tertiary/aromatic N) is 3. The first kappa shape index (κ1) is 28.2. The molecule has 0 bridgehead atoms. The number of fused-ring (bicyclic) bond motifs is 1. The molecule has 0 aliphatic carbocycles. The molecule has 43 heavy (non-hydrogen) atoms. The van der Waals surface area contributed by atoms with Gasteiger partial charge in [0.05, 0.1) is 29.0 Å². The molecule has 0 unspecified atom stereocenters. The van der Waals surface area contributed by atoms with Gasteiger partial charge in [0.2, 0.25) is 0 Å². The van der Waals surface area contributed by atoms with E-state index in [1.165, 1.54) is 16.9 Å². The molecule has 0 saturated heterocycles. The van der Waals surface area contributed by atoms with Crippen LogP contribution in [0.25, 0.3) is 11.8 Å². The topological polar surface area (TPSA) is 77.6 Å². The van der Waals surface area contributed by atoms with Gasteiger partial charge in [-0.15, -0.1) is 0 Å². The van der Waals surface area contributed by atoms with E-state index in [0.29, 0.717) is 32.0 Å². The van der Waals surface area contributed by atoms with E-state index in [2.05, 4.69) is 54.9 Å². The zero-order chi connectivity index (χ0) is 30.2. The number of thiazole rings is 1. The lowest BCUT2D eigenvalue weighted by molar-refractivity contribution is -0.113. The van der Waals surface area contributed by atoms with Crippen molar-refractivity contribution < 1.29 is 9.53 Å². The fourth-order valence-electron chi connectivity index (χ4n) is 5.67. The number of carbonyl (C=O) groups excluding carboxylic acids is 1. The Morgan fingerprint density at radius 2 is 1.70 bits per heavy atom. The van der Waals surface area contributed by atoms with Crippen LogP contribution >= 0.6 is 11.3 Å². The minimum Gasteiger partial charge on any atom is -0.497 e. The molecule has 3 aromatic carbocycles. The largest absolute Gasteiger partial charge is 0.497 e. The highest BCUT2D eigenvalue weighted by Crippen LogP contribution is 2.32. The number of para-hydroxylation sites is 1. The molecule has 1 atom stereocenters. The van der Waals surface area contributed by atoms with Gasteiger partial charge in [-0.1, -0.05) is 53.8 Å². The van der Waals surface area contributed by atoms with Crippen LogP contribution in [0.3, 0.4) is 0 Å². The third-order valence-corrected chi connectivity index (χ3v) is 8.73. The molecule has 1 N–H and O–H groups in total. The van der Waals surface area contributed by atoms with Gasteiger partial charge in [-0.3, -0.25) is 14.2 Å². The summed E-state index contributed by atoms with van der Waals surface area (Å²) in [6, 6.07) is 26.6. The maximum atomic E-state index is 14.2. The van der Waals surface area contributed by atoms with Crippen molar-refractivity contribution in [2.45, 2.75) is 33.7 Å². The van der Waals surface area contributed by atoms with Gasteiger partial charge in [-0.05, 0) is 92.9 Å². The van der Waals surface area contributed by atoms with Crippen LogP contribution in [0.4, 0.5) is 5.69 Å². The highest BCUT2D eigenvalue weighted by atomic mass is 32.1. The van der Waals surface area contributed by atoms with E-state index >= 15 is 0 Å². The molecule has 0 radical (unpaired) electrons. The summed E-state index contributed by atoms with van der Waals surface area (Å²) >= 11 is 1.33. The molecule has 3 heterocycles. The SMILES string of the molecule is COc1ccc([C@@H]2C(C(=O)Nc3ccccc3)=C(C)N=c3s/c(=C\c4cc(C)n(-c5cccc(C)c5)c4C)c(=O)n32)cc1. The van der Waals surface area contributed by atoms with Gasteiger partial charge in [-0.2, -0.15) is 0 Å². The first-order chi connectivity index (χ1) is 20.7. The molecule has 0 saturated carbocycles. The molecule has 216 valence electrons. The van der Waals surface area contributed by atoms with Crippen LogP contribution in [0.1, 0.15) is 41.0 Å². The fraction of sp³-hybridized carbons (Fsp3) is 0.171. The first-order valence-electron chi connectivity index (χ1n) is 14.0. The molecular formula is C35H32N4O3S. The maximum absolute atomic E-state index is 14.2. The van der Waals surface area contributed by atoms with Crippen molar-refractivity contribution in [2.75, 3.05) is 12.4 Å². The fourth-order valence-corrected chi connectivity index (χ4v) is 6.71. The molecule has 7 nitrogen and oxygen atoms in total. The summed E-state index contributed by atoms with van der Waals surface area (Å²) in [4.78, 5) is 33.3. The van der Waals surface area contributed by atoms with E-state index in [1.807, 2.05) is 73.7 Å². The minimum atomic E-state index is -0.659. The van der Waals surface area contributed by atoms with Crippen molar-refractivity contribution >= 4 is 29.0 Å². The number of hydrogen-bond donors (Lipinski definition) is 1. The Bertz CT molecular complexity index is 2070. The monoisotopic (exact) mass is 588 g/mol. The number of methoxy groups -OCH3 is 1. The van der Waals surface area contributed by atoms with Gasteiger partial charge in [-0.25, -0.2) is 4.99 Å². The molecule has 1 amide bonds. The minimum absolute atomic E-state index is 0.192. The number of aryl methyl sites for hydroxylation is 2. The Labute approximate surface area is 253 Å². The lowest BCUT2D eigenvalue weighted by Gasteiger charge is -2.25. The van der Waals surface area contributed by atoms with Crippen LogP contribution in [0.5, 0.6) is 5.75 Å². The van der Waals surface area contributed by atoms with Crippen LogP contribution in [-0.2, 0) is 4.79 Å². The Morgan fingerprint density at radius 3 is 2.40 bits per heavy atom. The molecule has 8 heteroatoms. The predicted octanol–water partition coefficient (Wildman–Crippen LogP) is 5.60. The summed E-state index contributed by atoms with van der Waals surface area (Å²) in [7, 11) is 1.61. The van der Waals surface area contributed by atoms with Gasteiger partial charge in [0.15, 0.2) is 4.80 Å². The smallest absolute Gasteiger partial charge is 0.271 e. The number of ether oxygens (including phenoxy) is 1. The third kappa shape index (κ3) is 5.26. The Balaban J connectivity index is 1.49. The number of carbonyl (C=O) groups is 1. The van der Waals surface area contributed by atoms with Crippen molar-refractivity contribution in [3.8, 4) is 11.4 Å². The summed E-state index contributed by atoms with van der Waals surface area (Å²) in [5, 5.41) is 2.99. The zero-order valence-electron chi connectivity index (χ0n) is 24.7. The normalized spacial score (nSPS) is 14.8. The summed E-state index contributed by atoms with van der Waals surface area (Å²) in [6.07, 6.45) is 1.94. The highest BCUT2D eigenvalue weighted by molar-refractivity contribution is 7.07. The molecule has 2 aromatic heterocycles. The van der Waals surface area contributed by atoms with Crippen LogP contribution < -0.4 is 24.9 Å². The number of rotatable bonds is 6. The average molecular weight is 589 g/mol. The standard InChI is InChI=1S/C35H32N4O3S/c1-21-10-9-13-28(18-21)38-22(2)19-26(24(38)4)20-30-34(41)39-32(25-14-16-29(42-5)17-15-25)31(23(3)36-35(39)43-30)33(40)37-27-11-7-6-8-12-27/h6-20,32H,1-5H3,(H,37,40)/b30-20-/t32-/m1/s1. The predicted molar refractivity (Wildman–Crippen MR) is 172 cm³/mol. The summed E-state index contributed by atoms with van der Waals surface area (Å²) in [5.41, 5.74) is 7.60. The Morgan fingerprint density at radius 1 is 0.953 bits per heavy atom. The lowest BCUT2D eigenvalue weighted by Crippen LogP contribution is -2.40. The number of anilines is 1. The third-order valence-electron chi connectivity index (χ3n) is 7.75. The molecule has 0 spiro atoms. The van der Waals surface area contributed by atoms with E-state index in [4.69, 9.17) is 9.73 Å². The van der Waals surface area contributed by atoms with E-state index < -0.39 is 6.04 Å². The number of nitrogens with one attached hydrogen (secondary N) is 1. The number of amides is 1.